The Morgan fingerprint density at radius 2 is 1.44 bits per heavy atom. The van der Waals surface area contributed by atoms with Gasteiger partial charge in [0.2, 0.25) is 0 Å². The molecule has 0 atom stereocenters. The Balaban J connectivity index is 1.65. The first-order chi connectivity index (χ1) is 17.5. The fourth-order valence-electron chi connectivity index (χ4n) is 4.50. The van der Waals surface area contributed by atoms with Gasteiger partial charge in [-0.2, -0.15) is 0 Å². The van der Waals surface area contributed by atoms with Gasteiger partial charge in [-0.3, -0.25) is 14.9 Å². The van der Waals surface area contributed by atoms with E-state index in [1.807, 2.05) is 92.7 Å². The molecule has 1 fully saturated rings. The van der Waals surface area contributed by atoms with Crippen molar-refractivity contribution in [3.63, 3.8) is 0 Å². The van der Waals surface area contributed by atoms with E-state index in [9.17, 15) is 14.4 Å². The summed E-state index contributed by atoms with van der Waals surface area (Å²) in [7, 11) is 0. The van der Waals surface area contributed by atoms with Crippen LogP contribution in [0, 0.1) is 6.92 Å². The molecule has 5 rings (SSSR count). The van der Waals surface area contributed by atoms with Crippen molar-refractivity contribution in [2.75, 3.05) is 4.90 Å². The summed E-state index contributed by atoms with van der Waals surface area (Å²) in [5, 5.41) is 2.32. The van der Waals surface area contributed by atoms with Crippen LogP contribution in [0.25, 0.3) is 23.0 Å². The van der Waals surface area contributed by atoms with Gasteiger partial charge >= 0.3 is 6.03 Å². The van der Waals surface area contributed by atoms with Gasteiger partial charge in [0.1, 0.15) is 5.57 Å². The molecule has 1 saturated heterocycles. The number of carbonyl (C=O) groups excluding carboxylic acids is 3. The smallest absolute Gasteiger partial charge is 0.313 e. The molecule has 178 valence electrons. The maximum Gasteiger partial charge on any atom is 0.335 e. The highest BCUT2D eigenvalue weighted by Gasteiger charge is 2.37. The molecule has 0 unspecified atom stereocenters. The van der Waals surface area contributed by atoms with Gasteiger partial charge in [0, 0.05) is 16.9 Å². The van der Waals surface area contributed by atoms with Crippen molar-refractivity contribution < 1.29 is 14.4 Å². The minimum absolute atomic E-state index is 0.100. The number of anilines is 1. The SMILES string of the molecule is CCc1ccc(N2C(=O)NC(=O)/C(=C\c3cc(C)n(-c4ccccc4)c3-c3ccccc3)C2=O)cc1. The second kappa shape index (κ2) is 9.50. The first kappa shape index (κ1) is 23.1. The van der Waals surface area contributed by atoms with Gasteiger partial charge in [0.15, 0.2) is 0 Å². The molecule has 1 N–H and O–H groups in total. The highest BCUT2D eigenvalue weighted by atomic mass is 16.2. The molecule has 1 aliphatic rings. The fourth-order valence-corrected chi connectivity index (χ4v) is 4.50. The Morgan fingerprint density at radius 3 is 2.08 bits per heavy atom. The maximum absolute atomic E-state index is 13.5. The number of aryl methyl sites for hydroxylation is 2. The molecule has 6 nitrogen and oxygen atoms in total. The molecule has 1 aliphatic heterocycles. The molecular weight excluding hydrogens is 450 g/mol. The Kier molecular flexibility index (Phi) is 6.09. The summed E-state index contributed by atoms with van der Waals surface area (Å²) in [4.78, 5) is 40.0. The van der Waals surface area contributed by atoms with E-state index < -0.39 is 17.8 Å². The number of aromatic nitrogens is 1. The summed E-state index contributed by atoms with van der Waals surface area (Å²) in [5.74, 6) is -1.37. The summed E-state index contributed by atoms with van der Waals surface area (Å²) >= 11 is 0. The summed E-state index contributed by atoms with van der Waals surface area (Å²) < 4.78 is 2.10. The van der Waals surface area contributed by atoms with Crippen LogP contribution < -0.4 is 10.2 Å². The summed E-state index contributed by atoms with van der Waals surface area (Å²) in [6, 6.07) is 28.1. The quantitative estimate of drug-likeness (QED) is 0.298. The topological polar surface area (TPSA) is 71.4 Å². The van der Waals surface area contributed by atoms with Crippen LogP contribution in [0.1, 0.15) is 23.7 Å². The largest absolute Gasteiger partial charge is 0.335 e. The molecule has 0 bridgehead atoms. The number of urea groups is 1. The number of rotatable bonds is 5. The summed E-state index contributed by atoms with van der Waals surface area (Å²) in [6.45, 7) is 4.01. The average molecular weight is 476 g/mol. The monoisotopic (exact) mass is 475 g/mol. The molecule has 0 aliphatic carbocycles. The number of carbonyl (C=O) groups is 3. The second-order valence-electron chi connectivity index (χ2n) is 8.60. The summed E-state index contributed by atoms with van der Waals surface area (Å²) in [6.07, 6.45) is 2.41. The van der Waals surface area contributed by atoms with Gasteiger partial charge < -0.3 is 4.57 Å². The number of barbiturate groups is 1. The molecule has 2 heterocycles. The number of nitrogens with zero attached hydrogens (tertiary/aromatic N) is 2. The van der Waals surface area contributed by atoms with Gasteiger partial charge in [0.25, 0.3) is 11.8 Å². The van der Waals surface area contributed by atoms with E-state index in [1.165, 1.54) is 0 Å². The number of hydrogen-bond donors (Lipinski definition) is 1. The standard InChI is InChI=1S/C30H25N3O3/c1-3-21-14-16-25(17-15-21)33-29(35)26(28(34)31-30(33)36)19-23-18-20(2)32(24-12-8-5-9-13-24)27(23)22-10-6-4-7-11-22/h4-19H,3H2,1-2H3,(H,31,34,36)/b26-19+. The zero-order valence-electron chi connectivity index (χ0n) is 20.1. The van der Waals surface area contributed by atoms with Crippen LogP contribution in [-0.4, -0.2) is 22.4 Å². The second-order valence-corrected chi connectivity index (χ2v) is 8.60. The van der Waals surface area contributed by atoms with Crippen LogP contribution in [0.2, 0.25) is 0 Å². The number of amides is 4. The van der Waals surface area contributed by atoms with E-state index >= 15 is 0 Å². The van der Waals surface area contributed by atoms with E-state index in [1.54, 1.807) is 18.2 Å². The van der Waals surface area contributed by atoms with Crippen molar-refractivity contribution in [1.29, 1.82) is 0 Å². The molecule has 6 heteroatoms. The predicted molar refractivity (Wildman–Crippen MR) is 141 cm³/mol. The number of hydrogen-bond acceptors (Lipinski definition) is 3. The van der Waals surface area contributed by atoms with Crippen LogP contribution >= 0.6 is 0 Å². The van der Waals surface area contributed by atoms with Gasteiger partial charge in [-0.1, -0.05) is 67.6 Å². The lowest BCUT2D eigenvalue weighted by Gasteiger charge is -2.26. The van der Waals surface area contributed by atoms with Gasteiger partial charge in [-0.25, -0.2) is 9.69 Å². The minimum atomic E-state index is -0.757. The van der Waals surface area contributed by atoms with Crippen molar-refractivity contribution in [2.45, 2.75) is 20.3 Å². The average Bonchev–Trinajstić information content (AvgIpc) is 3.23. The zero-order chi connectivity index (χ0) is 25.2. The lowest BCUT2D eigenvalue weighted by Crippen LogP contribution is -2.54. The third kappa shape index (κ3) is 4.14. The van der Waals surface area contributed by atoms with Crippen LogP contribution in [0.5, 0.6) is 0 Å². The Labute approximate surface area is 209 Å². The predicted octanol–water partition coefficient (Wildman–Crippen LogP) is 5.68. The van der Waals surface area contributed by atoms with E-state index in [0.29, 0.717) is 11.3 Å². The summed E-state index contributed by atoms with van der Waals surface area (Å²) in [5.41, 5.74) is 5.80. The molecule has 0 saturated carbocycles. The van der Waals surface area contributed by atoms with Crippen molar-refractivity contribution in [3.8, 4) is 16.9 Å². The number of nitrogens with one attached hydrogen (secondary N) is 1. The molecule has 4 amide bonds. The first-order valence-electron chi connectivity index (χ1n) is 11.8. The normalized spacial score (nSPS) is 14.9. The van der Waals surface area contributed by atoms with Crippen LogP contribution in [0.4, 0.5) is 10.5 Å². The lowest BCUT2D eigenvalue weighted by atomic mass is 10.0. The molecule has 0 radical (unpaired) electrons. The van der Waals surface area contributed by atoms with Gasteiger partial charge in [-0.15, -0.1) is 0 Å². The van der Waals surface area contributed by atoms with Crippen molar-refractivity contribution in [2.24, 2.45) is 0 Å². The molecule has 36 heavy (non-hydrogen) atoms. The van der Waals surface area contributed by atoms with Crippen molar-refractivity contribution in [1.82, 2.24) is 9.88 Å². The number of para-hydroxylation sites is 1. The zero-order valence-corrected chi connectivity index (χ0v) is 20.1. The number of imide groups is 2. The Morgan fingerprint density at radius 1 is 0.806 bits per heavy atom. The van der Waals surface area contributed by atoms with E-state index in [-0.39, 0.29) is 5.57 Å². The molecular formula is C30H25N3O3. The van der Waals surface area contributed by atoms with E-state index in [0.717, 1.165) is 39.5 Å². The minimum Gasteiger partial charge on any atom is -0.313 e. The van der Waals surface area contributed by atoms with Crippen molar-refractivity contribution in [3.05, 3.63) is 113 Å². The van der Waals surface area contributed by atoms with E-state index in [2.05, 4.69) is 9.88 Å². The Bertz CT molecular complexity index is 1480. The van der Waals surface area contributed by atoms with Crippen molar-refractivity contribution >= 4 is 29.6 Å². The highest BCUT2D eigenvalue weighted by molar-refractivity contribution is 6.39. The van der Waals surface area contributed by atoms with Gasteiger partial charge in [-0.05, 0) is 60.9 Å². The fraction of sp³-hybridized carbons (Fsp3) is 0.100. The number of benzene rings is 3. The third-order valence-corrected chi connectivity index (χ3v) is 6.28. The highest BCUT2D eigenvalue weighted by Crippen LogP contribution is 2.33. The maximum atomic E-state index is 13.5. The molecule has 3 aromatic carbocycles. The van der Waals surface area contributed by atoms with Crippen LogP contribution in [0.15, 0.2) is 96.6 Å². The first-order valence-corrected chi connectivity index (χ1v) is 11.8. The van der Waals surface area contributed by atoms with Crippen LogP contribution in [-0.2, 0) is 16.0 Å². The molecule has 4 aromatic rings. The van der Waals surface area contributed by atoms with E-state index in [4.69, 9.17) is 0 Å². The van der Waals surface area contributed by atoms with Crippen LogP contribution in [0.3, 0.4) is 0 Å². The third-order valence-electron chi connectivity index (χ3n) is 6.28. The Hall–Kier alpha value is -4.71. The molecule has 0 spiro atoms. The molecule has 1 aromatic heterocycles. The lowest BCUT2D eigenvalue weighted by molar-refractivity contribution is -0.122. The van der Waals surface area contributed by atoms with Gasteiger partial charge in [0.05, 0.1) is 11.4 Å².